The van der Waals surface area contributed by atoms with Crippen LogP contribution in [0.4, 0.5) is 4.39 Å². The molecule has 1 aromatic carbocycles. The first kappa shape index (κ1) is 21.2. The topological polar surface area (TPSA) is 56.1 Å². The lowest BCUT2D eigenvalue weighted by Gasteiger charge is -2.23. The van der Waals surface area contributed by atoms with E-state index in [0.29, 0.717) is 19.0 Å². The quantitative estimate of drug-likeness (QED) is 0.527. The molecule has 0 aliphatic heterocycles. The van der Waals surface area contributed by atoms with Gasteiger partial charge in [-0.05, 0) is 68.8 Å². The summed E-state index contributed by atoms with van der Waals surface area (Å²) < 4.78 is 20.2. The highest BCUT2D eigenvalue weighted by Crippen LogP contribution is 2.33. The van der Waals surface area contributed by atoms with Crippen LogP contribution in [0.15, 0.2) is 35.4 Å². The molecule has 0 spiro atoms. The van der Waals surface area contributed by atoms with E-state index in [-0.39, 0.29) is 11.4 Å². The number of nitrogens with one attached hydrogen (secondary N) is 1. The van der Waals surface area contributed by atoms with E-state index in [1.807, 2.05) is 6.92 Å². The number of hydrogen-bond donors (Lipinski definition) is 1. The van der Waals surface area contributed by atoms with E-state index in [4.69, 9.17) is 4.74 Å². The minimum atomic E-state index is -0.244. The second-order valence-corrected chi connectivity index (χ2v) is 8.83. The van der Waals surface area contributed by atoms with Crippen molar-refractivity contribution in [2.24, 2.45) is 0 Å². The summed E-state index contributed by atoms with van der Waals surface area (Å²) in [6.45, 7) is 5.08. The number of benzene rings is 1. The van der Waals surface area contributed by atoms with Crippen molar-refractivity contribution in [2.45, 2.75) is 51.6 Å². The van der Waals surface area contributed by atoms with Gasteiger partial charge in [-0.3, -0.25) is 9.36 Å². The van der Waals surface area contributed by atoms with Crippen LogP contribution in [0.5, 0.6) is 0 Å². The number of hydrogen-bond acceptors (Lipinski definition) is 5. The molecule has 5 nitrogen and oxygen atoms in total. The van der Waals surface area contributed by atoms with E-state index >= 15 is 0 Å². The van der Waals surface area contributed by atoms with E-state index in [2.05, 4.69) is 10.3 Å². The van der Waals surface area contributed by atoms with Gasteiger partial charge in [0.05, 0.1) is 11.7 Å². The lowest BCUT2D eigenvalue weighted by molar-refractivity contribution is 0.144. The van der Waals surface area contributed by atoms with Crippen LogP contribution in [0.2, 0.25) is 0 Å². The first-order valence-electron chi connectivity index (χ1n) is 10.7. The van der Waals surface area contributed by atoms with Crippen LogP contribution < -0.4 is 10.9 Å². The molecule has 0 bridgehead atoms. The molecule has 0 amide bonds. The molecule has 2 aromatic heterocycles. The summed E-state index contributed by atoms with van der Waals surface area (Å²) in [5.74, 6) is -0.244. The van der Waals surface area contributed by atoms with Crippen LogP contribution >= 0.6 is 11.3 Å². The number of ether oxygens (including phenoxy) is 1. The van der Waals surface area contributed by atoms with Crippen molar-refractivity contribution in [3.8, 4) is 0 Å². The van der Waals surface area contributed by atoms with E-state index in [1.54, 1.807) is 34.4 Å². The van der Waals surface area contributed by atoms with Crippen LogP contribution in [0, 0.1) is 5.82 Å². The predicted octanol–water partition coefficient (Wildman–Crippen LogP) is 3.71. The van der Waals surface area contributed by atoms with Crippen molar-refractivity contribution in [2.75, 3.05) is 19.8 Å². The maximum Gasteiger partial charge on any atom is 0.262 e. The molecule has 2 heterocycles. The van der Waals surface area contributed by atoms with Gasteiger partial charge in [0.2, 0.25) is 0 Å². The Morgan fingerprint density at radius 3 is 2.97 bits per heavy atom. The summed E-state index contributed by atoms with van der Waals surface area (Å²) in [6.07, 6.45) is 6.26. The summed E-state index contributed by atoms with van der Waals surface area (Å²) in [7, 11) is 0. The summed E-state index contributed by atoms with van der Waals surface area (Å²) in [4.78, 5) is 19.8. The molecule has 160 valence electrons. The number of aromatic nitrogens is 2. The lowest BCUT2D eigenvalue weighted by Crippen LogP contribution is -2.35. The summed E-state index contributed by atoms with van der Waals surface area (Å²) in [5, 5.41) is 4.43. The molecule has 0 radical (unpaired) electrons. The Balaban J connectivity index is 1.44. The molecular formula is C23H28FN3O2S. The Bertz CT molecular complexity index is 1050. The number of halogens is 1. The molecule has 1 aliphatic rings. The highest BCUT2D eigenvalue weighted by atomic mass is 32.1. The minimum Gasteiger partial charge on any atom is -0.382 e. The van der Waals surface area contributed by atoms with Gasteiger partial charge in [0.15, 0.2) is 0 Å². The lowest BCUT2D eigenvalue weighted by atomic mass is 9.93. The standard InChI is InChI=1S/C23H28FN3O2S/c1-2-29-13-3-11-25-18-8-9-19-20(14-18)30-22-21(19)23(28)27(15-26-22)12-10-16-4-6-17(24)7-5-16/h4-7,15,18,25H,2-3,8-14H2,1H3. The average molecular weight is 430 g/mol. The first-order chi connectivity index (χ1) is 14.7. The average Bonchev–Trinajstić information content (AvgIpc) is 3.13. The number of fused-ring (bicyclic) bond motifs is 3. The van der Waals surface area contributed by atoms with E-state index in [9.17, 15) is 9.18 Å². The Kier molecular flexibility index (Phi) is 6.92. The number of nitrogens with zero attached hydrogens (tertiary/aromatic N) is 2. The molecule has 0 saturated heterocycles. The molecule has 7 heteroatoms. The van der Waals surface area contributed by atoms with Crippen molar-refractivity contribution in [3.05, 3.63) is 62.8 Å². The molecule has 1 aliphatic carbocycles. The zero-order valence-electron chi connectivity index (χ0n) is 17.3. The van der Waals surface area contributed by atoms with Gasteiger partial charge in [-0.2, -0.15) is 0 Å². The summed E-state index contributed by atoms with van der Waals surface area (Å²) in [5.41, 5.74) is 2.24. The number of aryl methyl sites for hydroxylation is 3. The third-order valence-electron chi connectivity index (χ3n) is 5.69. The fourth-order valence-electron chi connectivity index (χ4n) is 4.06. The monoisotopic (exact) mass is 429 g/mol. The first-order valence-corrected chi connectivity index (χ1v) is 11.5. The van der Waals surface area contributed by atoms with Gasteiger partial charge in [-0.25, -0.2) is 9.37 Å². The molecule has 3 aromatic rings. The normalized spacial score (nSPS) is 16.1. The smallest absolute Gasteiger partial charge is 0.262 e. The van der Waals surface area contributed by atoms with Gasteiger partial charge in [0.25, 0.3) is 5.56 Å². The molecule has 4 rings (SSSR count). The molecule has 0 fully saturated rings. The van der Waals surface area contributed by atoms with Crippen LogP contribution in [-0.4, -0.2) is 35.4 Å². The Labute approximate surface area is 179 Å². The fraction of sp³-hybridized carbons (Fsp3) is 0.478. The Hall–Kier alpha value is -2.09. The Morgan fingerprint density at radius 1 is 1.33 bits per heavy atom. The highest BCUT2D eigenvalue weighted by molar-refractivity contribution is 7.18. The molecule has 1 unspecified atom stereocenters. The van der Waals surface area contributed by atoms with Crippen molar-refractivity contribution in [3.63, 3.8) is 0 Å². The molecular weight excluding hydrogens is 401 g/mol. The predicted molar refractivity (Wildman–Crippen MR) is 119 cm³/mol. The van der Waals surface area contributed by atoms with Gasteiger partial charge in [-0.1, -0.05) is 12.1 Å². The fourth-order valence-corrected chi connectivity index (χ4v) is 5.32. The number of rotatable bonds is 9. The van der Waals surface area contributed by atoms with E-state index in [0.717, 1.165) is 61.2 Å². The minimum absolute atomic E-state index is 0.0442. The van der Waals surface area contributed by atoms with Gasteiger partial charge < -0.3 is 10.1 Å². The Morgan fingerprint density at radius 2 is 2.17 bits per heavy atom. The van der Waals surface area contributed by atoms with E-state index < -0.39 is 0 Å². The number of thiophene rings is 1. The maximum atomic E-state index is 13.1. The maximum absolute atomic E-state index is 13.1. The van der Waals surface area contributed by atoms with Crippen molar-refractivity contribution < 1.29 is 9.13 Å². The van der Waals surface area contributed by atoms with Crippen LogP contribution in [-0.2, 0) is 30.5 Å². The summed E-state index contributed by atoms with van der Waals surface area (Å²) in [6, 6.07) is 6.89. The van der Waals surface area contributed by atoms with Crippen LogP contribution in [0.25, 0.3) is 10.2 Å². The second kappa shape index (κ2) is 9.81. The molecule has 1 N–H and O–H groups in total. The van der Waals surface area contributed by atoms with Gasteiger partial charge >= 0.3 is 0 Å². The third-order valence-corrected chi connectivity index (χ3v) is 6.86. The van der Waals surface area contributed by atoms with Crippen molar-refractivity contribution in [1.29, 1.82) is 0 Å². The zero-order valence-corrected chi connectivity index (χ0v) is 18.1. The van der Waals surface area contributed by atoms with E-state index in [1.165, 1.54) is 22.6 Å². The van der Waals surface area contributed by atoms with Gasteiger partial charge in [0, 0.05) is 30.7 Å². The highest BCUT2D eigenvalue weighted by Gasteiger charge is 2.24. The zero-order chi connectivity index (χ0) is 20.9. The van der Waals surface area contributed by atoms with Crippen molar-refractivity contribution in [1.82, 2.24) is 14.9 Å². The third kappa shape index (κ3) is 4.79. The van der Waals surface area contributed by atoms with Crippen LogP contribution in [0.3, 0.4) is 0 Å². The van der Waals surface area contributed by atoms with Crippen molar-refractivity contribution >= 4 is 21.6 Å². The summed E-state index contributed by atoms with van der Waals surface area (Å²) >= 11 is 1.66. The van der Waals surface area contributed by atoms with Gasteiger partial charge in [0.1, 0.15) is 10.6 Å². The van der Waals surface area contributed by atoms with Crippen LogP contribution in [0.1, 0.15) is 35.8 Å². The molecule has 1 atom stereocenters. The molecule has 30 heavy (non-hydrogen) atoms. The molecule has 0 saturated carbocycles. The van der Waals surface area contributed by atoms with Gasteiger partial charge in [-0.15, -0.1) is 11.3 Å². The largest absolute Gasteiger partial charge is 0.382 e. The SMILES string of the molecule is CCOCCCNC1CCc2c(sc3ncn(CCc4ccc(F)cc4)c(=O)c23)C1. The second-order valence-electron chi connectivity index (χ2n) is 7.75.